The molecule has 0 aromatic heterocycles. The van der Waals surface area contributed by atoms with Gasteiger partial charge in [-0.05, 0) is 38.4 Å². The van der Waals surface area contributed by atoms with E-state index in [1.54, 1.807) is 5.57 Å². The minimum atomic E-state index is 1.15. The summed E-state index contributed by atoms with van der Waals surface area (Å²) in [6.45, 7) is 11.9. The number of hydrogen-bond acceptors (Lipinski definition) is 3. The van der Waals surface area contributed by atoms with Crippen molar-refractivity contribution < 1.29 is 0 Å². The van der Waals surface area contributed by atoms with Gasteiger partial charge in [0.2, 0.25) is 0 Å². The molecule has 0 spiro atoms. The van der Waals surface area contributed by atoms with E-state index in [9.17, 15) is 0 Å². The first-order valence-electron chi connectivity index (χ1n) is 7.18. The van der Waals surface area contributed by atoms with Crippen molar-refractivity contribution in [3.63, 3.8) is 0 Å². The fourth-order valence-electron chi connectivity index (χ4n) is 2.79. The predicted octanol–water partition coefficient (Wildman–Crippen LogP) is 1.32. The third-order valence-electron chi connectivity index (χ3n) is 3.92. The first-order valence-corrected chi connectivity index (χ1v) is 7.18. The summed E-state index contributed by atoms with van der Waals surface area (Å²) in [6, 6.07) is 0. The van der Waals surface area contributed by atoms with Crippen molar-refractivity contribution in [2.75, 3.05) is 52.4 Å². The Morgan fingerprint density at radius 2 is 1.53 bits per heavy atom. The molecule has 2 heterocycles. The molecule has 0 unspecified atom stereocenters. The van der Waals surface area contributed by atoms with Crippen molar-refractivity contribution in [3.8, 4) is 0 Å². The molecule has 0 radical (unpaired) electrons. The molecule has 1 N–H and O–H groups in total. The van der Waals surface area contributed by atoms with Gasteiger partial charge in [-0.25, -0.2) is 0 Å². The third-order valence-corrected chi connectivity index (χ3v) is 3.92. The molecule has 3 nitrogen and oxygen atoms in total. The van der Waals surface area contributed by atoms with Crippen LogP contribution in [0.25, 0.3) is 0 Å². The second-order valence-electron chi connectivity index (χ2n) is 5.31. The Bertz CT molecular complexity index is 216. The highest BCUT2D eigenvalue weighted by molar-refractivity contribution is 5.06. The van der Waals surface area contributed by atoms with Gasteiger partial charge in [-0.15, -0.1) is 0 Å². The van der Waals surface area contributed by atoms with Crippen molar-refractivity contribution in [1.82, 2.24) is 15.1 Å². The van der Waals surface area contributed by atoms with E-state index in [1.165, 1.54) is 58.5 Å². The van der Waals surface area contributed by atoms with Gasteiger partial charge in [0.15, 0.2) is 0 Å². The van der Waals surface area contributed by atoms with Crippen molar-refractivity contribution >= 4 is 0 Å². The van der Waals surface area contributed by atoms with Crippen LogP contribution >= 0.6 is 0 Å². The Balaban J connectivity index is 1.75. The van der Waals surface area contributed by atoms with Crippen LogP contribution in [0.3, 0.4) is 0 Å². The van der Waals surface area contributed by atoms with E-state index in [2.05, 4.69) is 28.1 Å². The molecule has 2 fully saturated rings. The lowest BCUT2D eigenvalue weighted by atomic mass is 10.1. The molecule has 98 valence electrons. The Kier molecular flexibility index (Phi) is 5.49. The molecule has 2 rings (SSSR count). The number of piperazine rings is 1. The van der Waals surface area contributed by atoms with E-state index in [0.717, 1.165) is 13.1 Å². The monoisotopic (exact) mass is 237 g/mol. The van der Waals surface area contributed by atoms with E-state index >= 15 is 0 Å². The Hall–Kier alpha value is -0.380. The summed E-state index contributed by atoms with van der Waals surface area (Å²) in [4.78, 5) is 5.21. The molecule has 0 aromatic rings. The van der Waals surface area contributed by atoms with Crippen LogP contribution in [0.15, 0.2) is 11.6 Å². The number of likely N-dealkylation sites (tertiary alicyclic amines) is 1. The number of nitrogens with one attached hydrogen (secondary N) is 1. The largest absolute Gasteiger partial charge is 0.314 e. The van der Waals surface area contributed by atoms with Gasteiger partial charge in [0.05, 0.1) is 0 Å². The second-order valence-corrected chi connectivity index (χ2v) is 5.31. The number of rotatable bonds is 4. The van der Waals surface area contributed by atoms with Gasteiger partial charge in [-0.2, -0.15) is 0 Å². The third kappa shape index (κ3) is 4.41. The van der Waals surface area contributed by atoms with Gasteiger partial charge in [0.25, 0.3) is 0 Å². The quantitative estimate of drug-likeness (QED) is 0.744. The highest BCUT2D eigenvalue weighted by Crippen LogP contribution is 2.11. The lowest BCUT2D eigenvalue weighted by Gasteiger charge is -2.31. The molecule has 0 saturated carbocycles. The first kappa shape index (κ1) is 13.1. The fourth-order valence-corrected chi connectivity index (χ4v) is 2.79. The number of piperidine rings is 1. The van der Waals surface area contributed by atoms with Gasteiger partial charge < -0.3 is 5.32 Å². The van der Waals surface area contributed by atoms with Crippen LogP contribution in [-0.4, -0.2) is 62.2 Å². The molecule has 0 aromatic carbocycles. The average Bonchev–Trinajstić information content (AvgIpc) is 2.40. The SMILES string of the molecule is C/C=C(\CN1CCCCC1)CN1CCNCC1. The maximum atomic E-state index is 3.42. The maximum Gasteiger partial charge on any atom is 0.0206 e. The van der Waals surface area contributed by atoms with Crippen molar-refractivity contribution in [1.29, 1.82) is 0 Å². The van der Waals surface area contributed by atoms with Crippen molar-refractivity contribution in [3.05, 3.63) is 11.6 Å². The van der Waals surface area contributed by atoms with Crippen molar-refractivity contribution in [2.45, 2.75) is 26.2 Å². The standard InChI is InChI=1S/C14H27N3/c1-2-14(12-16-8-4-3-5-9-16)13-17-10-6-15-7-11-17/h2,15H,3-13H2,1H3/b14-2+. The summed E-state index contributed by atoms with van der Waals surface area (Å²) >= 11 is 0. The van der Waals surface area contributed by atoms with E-state index in [4.69, 9.17) is 0 Å². The minimum Gasteiger partial charge on any atom is -0.314 e. The molecule has 3 heteroatoms. The molecular weight excluding hydrogens is 210 g/mol. The molecule has 0 aliphatic carbocycles. The highest BCUT2D eigenvalue weighted by Gasteiger charge is 2.14. The van der Waals surface area contributed by atoms with E-state index in [0.29, 0.717) is 0 Å². The van der Waals surface area contributed by atoms with E-state index in [1.807, 2.05) is 0 Å². The molecule has 17 heavy (non-hydrogen) atoms. The summed E-state index contributed by atoms with van der Waals surface area (Å²) < 4.78 is 0. The topological polar surface area (TPSA) is 18.5 Å². The summed E-state index contributed by atoms with van der Waals surface area (Å²) in [5.74, 6) is 0. The molecule has 2 saturated heterocycles. The number of allylic oxidation sites excluding steroid dienone is 1. The fraction of sp³-hybridized carbons (Fsp3) is 0.857. The number of nitrogens with zero attached hydrogens (tertiary/aromatic N) is 2. The molecule has 0 amide bonds. The lowest BCUT2D eigenvalue weighted by molar-refractivity contribution is 0.223. The average molecular weight is 237 g/mol. The Morgan fingerprint density at radius 3 is 2.12 bits per heavy atom. The van der Waals surface area contributed by atoms with Gasteiger partial charge >= 0.3 is 0 Å². The van der Waals surface area contributed by atoms with Crippen LogP contribution in [0.1, 0.15) is 26.2 Å². The second kappa shape index (κ2) is 7.14. The molecule has 2 aliphatic rings. The van der Waals surface area contributed by atoms with Gasteiger partial charge in [0.1, 0.15) is 0 Å². The highest BCUT2D eigenvalue weighted by atomic mass is 15.2. The minimum absolute atomic E-state index is 1.15. The summed E-state index contributed by atoms with van der Waals surface area (Å²) in [5.41, 5.74) is 1.61. The normalized spacial score (nSPS) is 25.1. The van der Waals surface area contributed by atoms with Crippen LogP contribution in [0.4, 0.5) is 0 Å². The van der Waals surface area contributed by atoms with Crippen LogP contribution in [0.2, 0.25) is 0 Å². The zero-order valence-corrected chi connectivity index (χ0v) is 11.2. The summed E-state index contributed by atoms with van der Waals surface area (Å²) in [7, 11) is 0. The van der Waals surface area contributed by atoms with Gasteiger partial charge in [0, 0.05) is 39.3 Å². The maximum absolute atomic E-state index is 3.42. The van der Waals surface area contributed by atoms with Gasteiger partial charge in [-0.1, -0.05) is 12.5 Å². The molecule has 0 bridgehead atoms. The number of hydrogen-bond donors (Lipinski definition) is 1. The van der Waals surface area contributed by atoms with Crippen LogP contribution in [0.5, 0.6) is 0 Å². The predicted molar refractivity (Wildman–Crippen MR) is 73.4 cm³/mol. The van der Waals surface area contributed by atoms with Gasteiger partial charge in [-0.3, -0.25) is 9.80 Å². The van der Waals surface area contributed by atoms with Crippen LogP contribution in [-0.2, 0) is 0 Å². The smallest absolute Gasteiger partial charge is 0.0206 e. The Morgan fingerprint density at radius 1 is 0.941 bits per heavy atom. The van der Waals surface area contributed by atoms with E-state index < -0.39 is 0 Å². The molecule has 2 aliphatic heterocycles. The first-order chi connectivity index (χ1) is 8.38. The van der Waals surface area contributed by atoms with Crippen LogP contribution < -0.4 is 5.32 Å². The van der Waals surface area contributed by atoms with Crippen LogP contribution in [0, 0.1) is 0 Å². The lowest BCUT2D eigenvalue weighted by Crippen LogP contribution is -2.45. The summed E-state index contributed by atoms with van der Waals surface area (Å²) in [5, 5.41) is 3.42. The molecular formula is C14H27N3. The Labute approximate surface area is 106 Å². The van der Waals surface area contributed by atoms with Crippen molar-refractivity contribution in [2.24, 2.45) is 0 Å². The summed E-state index contributed by atoms with van der Waals surface area (Å²) in [6.07, 6.45) is 6.55. The van der Waals surface area contributed by atoms with E-state index in [-0.39, 0.29) is 0 Å². The molecule has 0 atom stereocenters. The zero-order valence-electron chi connectivity index (χ0n) is 11.2. The zero-order chi connectivity index (χ0) is 11.9.